The molecule has 5 aromatic rings. The fourth-order valence-corrected chi connectivity index (χ4v) is 9.53. The van der Waals surface area contributed by atoms with Crippen molar-refractivity contribution < 1.29 is 17.9 Å². The molecule has 57 heavy (non-hydrogen) atoms. The van der Waals surface area contributed by atoms with Crippen molar-refractivity contribution in [2.75, 3.05) is 63.1 Å². The molecule has 2 saturated heterocycles. The first-order valence-corrected chi connectivity index (χ1v) is 21.9. The third-order valence-corrected chi connectivity index (χ3v) is 13.3. The summed E-state index contributed by atoms with van der Waals surface area (Å²) in [5.41, 5.74) is 7.96. The van der Waals surface area contributed by atoms with Crippen LogP contribution in [-0.4, -0.2) is 88.0 Å². The predicted octanol–water partition coefficient (Wildman–Crippen LogP) is 8.70. The maximum Gasteiger partial charge on any atom is 0.268 e. The number of likely N-dealkylation sites (tertiary alicyclic amines) is 1. The van der Waals surface area contributed by atoms with E-state index in [0.717, 1.165) is 104 Å². The van der Waals surface area contributed by atoms with E-state index in [1.807, 2.05) is 61.7 Å². The molecule has 1 amide bonds. The maximum absolute atomic E-state index is 13.9. The fourth-order valence-electron chi connectivity index (χ4n) is 8.35. The number of carbonyl (C=O) groups excluding carboxylic acids is 1. The van der Waals surface area contributed by atoms with Gasteiger partial charge in [-0.1, -0.05) is 29.3 Å². The molecule has 0 radical (unpaired) electrons. The van der Waals surface area contributed by atoms with Gasteiger partial charge < -0.3 is 24.8 Å². The van der Waals surface area contributed by atoms with E-state index in [9.17, 15) is 13.2 Å². The number of carbonyl (C=O) groups is 1. The number of benzene rings is 4. The van der Waals surface area contributed by atoms with E-state index in [1.165, 1.54) is 29.6 Å². The minimum atomic E-state index is -4.19. The van der Waals surface area contributed by atoms with Crippen molar-refractivity contribution in [2.45, 2.75) is 56.4 Å². The molecule has 2 aliphatic heterocycles. The number of hydrogen-bond acceptors (Lipinski definition) is 8. The van der Waals surface area contributed by atoms with Gasteiger partial charge in [0.25, 0.3) is 15.9 Å². The van der Waals surface area contributed by atoms with Crippen molar-refractivity contribution in [3.63, 3.8) is 0 Å². The van der Waals surface area contributed by atoms with Crippen LogP contribution in [0.15, 0.2) is 102 Å². The number of aromatic amines is 1. The molecule has 0 bridgehead atoms. The van der Waals surface area contributed by atoms with Crippen LogP contribution in [0.2, 0.25) is 5.02 Å². The highest BCUT2D eigenvalue weighted by molar-refractivity contribution is 7.90. The highest BCUT2D eigenvalue weighted by Crippen LogP contribution is 2.35. The van der Waals surface area contributed by atoms with E-state index in [-0.39, 0.29) is 16.2 Å². The first-order valence-electron chi connectivity index (χ1n) is 20.0. The van der Waals surface area contributed by atoms with Gasteiger partial charge in [0.05, 0.1) is 10.5 Å². The summed E-state index contributed by atoms with van der Waals surface area (Å²) >= 11 is 6.20. The van der Waals surface area contributed by atoms with Crippen LogP contribution in [0.4, 0.5) is 11.4 Å². The van der Waals surface area contributed by atoms with Gasteiger partial charge in [0.1, 0.15) is 11.5 Å². The first-order chi connectivity index (χ1) is 27.6. The van der Waals surface area contributed by atoms with Gasteiger partial charge in [-0.15, -0.1) is 0 Å². The molecule has 3 aliphatic rings. The number of fused-ring (bicyclic) bond motifs is 1. The number of hydrogen-bond donors (Lipinski definition) is 3. The number of nitrogens with one attached hydrogen (secondary N) is 3. The monoisotopic (exact) mass is 806 g/mol. The molecule has 2 fully saturated rings. The van der Waals surface area contributed by atoms with Gasteiger partial charge in [0, 0.05) is 78.3 Å². The molecular weight excluding hydrogens is 756 g/mol. The Morgan fingerprint density at radius 3 is 2.42 bits per heavy atom. The Balaban J connectivity index is 0.989. The van der Waals surface area contributed by atoms with Gasteiger partial charge in [0.2, 0.25) is 0 Å². The quantitative estimate of drug-likeness (QED) is 0.122. The molecule has 1 aliphatic carbocycles. The van der Waals surface area contributed by atoms with E-state index in [2.05, 4.69) is 48.9 Å². The van der Waals surface area contributed by atoms with E-state index in [1.54, 1.807) is 24.3 Å². The number of piperidine rings is 1. The molecule has 4 aromatic carbocycles. The number of halogens is 1. The Labute approximate surface area is 340 Å². The molecule has 0 spiro atoms. The number of sulfonamides is 1. The van der Waals surface area contributed by atoms with Crippen LogP contribution in [0.1, 0.15) is 60.0 Å². The number of ether oxygens (including phenoxy) is 1. The van der Waals surface area contributed by atoms with Gasteiger partial charge >= 0.3 is 0 Å². The Kier molecular flexibility index (Phi) is 11.6. The smallest absolute Gasteiger partial charge is 0.268 e. The third-order valence-electron chi connectivity index (χ3n) is 11.7. The summed E-state index contributed by atoms with van der Waals surface area (Å²) < 4.78 is 36.1. The molecule has 8 rings (SSSR count). The van der Waals surface area contributed by atoms with Crippen LogP contribution < -0.4 is 19.7 Å². The van der Waals surface area contributed by atoms with Gasteiger partial charge in [-0.2, -0.15) is 0 Å². The standard InChI is InChI=1S/C45H51ClN6O4S/c1-31-27-39(13-16-42(31)48-36-18-21-50(2)22-19-36)57(54,55)49-45(53)41-14-11-37(29-44(41)56-38-12-15-43-33(28-38)17-20-47-43)52-25-23-51(24-26-52)30-34-5-3-4-6-40(34)32-7-9-35(46)10-8-32/h7-17,20,27-29,36,47-48H,3-6,18-19,21-26,30H2,1-2H3,(H,49,53). The second-order valence-corrected chi connectivity index (χ2v) is 17.8. The van der Waals surface area contributed by atoms with E-state index < -0.39 is 15.9 Å². The molecule has 0 unspecified atom stereocenters. The van der Waals surface area contributed by atoms with Crippen LogP contribution in [-0.2, 0) is 10.0 Å². The molecule has 0 atom stereocenters. The van der Waals surface area contributed by atoms with Gasteiger partial charge in [-0.3, -0.25) is 9.69 Å². The molecule has 1 aromatic heterocycles. The topological polar surface area (TPSA) is 110 Å². The number of amides is 1. The van der Waals surface area contributed by atoms with E-state index >= 15 is 0 Å². The van der Waals surface area contributed by atoms with Crippen molar-refractivity contribution in [1.29, 1.82) is 0 Å². The zero-order valence-electron chi connectivity index (χ0n) is 32.7. The minimum Gasteiger partial charge on any atom is -0.456 e. The van der Waals surface area contributed by atoms with Crippen molar-refractivity contribution >= 4 is 55.4 Å². The number of nitrogens with zero attached hydrogens (tertiary/aromatic N) is 3. The average molecular weight is 807 g/mol. The summed E-state index contributed by atoms with van der Waals surface area (Å²) in [5.74, 6) is 0.0698. The van der Waals surface area contributed by atoms with Gasteiger partial charge in [0.15, 0.2) is 0 Å². The number of aromatic nitrogens is 1. The maximum atomic E-state index is 13.9. The van der Waals surface area contributed by atoms with Crippen LogP contribution in [0.3, 0.4) is 0 Å². The predicted molar refractivity (Wildman–Crippen MR) is 230 cm³/mol. The highest BCUT2D eigenvalue weighted by atomic mass is 35.5. The van der Waals surface area contributed by atoms with Crippen molar-refractivity contribution in [3.05, 3.63) is 118 Å². The second kappa shape index (κ2) is 17.0. The number of anilines is 2. The van der Waals surface area contributed by atoms with Crippen LogP contribution in [0.25, 0.3) is 16.5 Å². The van der Waals surface area contributed by atoms with E-state index in [0.29, 0.717) is 11.8 Å². The van der Waals surface area contributed by atoms with Crippen LogP contribution in [0.5, 0.6) is 11.5 Å². The average Bonchev–Trinajstić information content (AvgIpc) is 3.68. The lowest BCUT2D eigenvalue weighted by Crippen LogP contribution is -2.47. The van der Waals surface area contributed by atoms with Crippen molar-refractivity contribution in [1.82, 2.24) is 19.5 Å². The molecule has 3 N–H and O–H groups in total. The number of allylic oxidation sites excluding steroid dienone is 1. The lowest BCUT2D eigenvalue weighted by atomic mass is 9.87. The molecule has 0 saturated carbocycles. The summed E-state index contributed by atoms with van der Waals surface area (Å²) in [4.78, 5) is 24.3. The Morgan fingerprint density at radius 2 is 1.65 bits per heavy atom. The number of aryl methyl sites for hydroxylation is 1. The lowest BCUT2D eigenvalue weighted by molar-refractivity contribution is 0.0979. The Hall–Kier alpha value is -4.81. The first kappa shape index (κ1) is 39.0. The zero-order valence-corrected chi connectivity index (χ0v) is 34.3. The zero-order chi connectivity index (χ0) is 39.5. The molecule has 298 valence electrons. The van der Waals surface area contributed by atoms with Crippen LogP contribution in [0, 0.1) is 6.92 Å². The Bertz CT molecular complexity index is 2380. The number of H-pyrrole nitrogens is 1. The van der Waals surface area contributed by atoms with Crippen molar-refractivity contribution in [3.8, 4) is 11.5 Å². The Morgan fingerprint density at radius 1 is 0.877 bits per heavy atom. The van der Waals surface area contributed by atoms with Crippen molar-refractivity contribution in [2.24, 2.45) is 0 Å². The van der Waals surface area contributed by atoms with Gasteiger partial charge in [-0.25, -0.2) is 13.1 Å². The summed E-state index contributed by atoms with van der Waals surface area (Å²) in [7, 11) is -2.07. The molecule has 10 nitrogen and oxygen atoms in total. The number of piperazine rings is 1. The lowest BCUT2D eigenvalue weighted by Gasteiger charge is -2.37. The largest absolute Gasteiger partial charge is 0.456 e. The normalized spacial score (nSPS) is 17.6. The summed E-state index contributed by atoms with van der Waals surface area (Å²) in [6.07, 6.45) is 8.55. The molecule has 12 heteroatoms. The number of rotatable bonds is 11. The van der Waals surface area contributed by atoms with E-state index in [4.69, 9.17) is 16.3 Å². The third kappa shape index (κ3) is 9.17. The highest BCUT2D eigenvalue weighted by Gasteiger charge is 2.26. The summed E-state index contributed by atoms with van der Waals surface area (Å²) in [6.45, 7) is 8.27. The summed E-state index contributed by atoms with van der Waals surface area (Å²) in [5, 5.41) is 5.30. The van der Waals surface area contributed by atoms with Gasteiger partial charge in [-0.05, 0) is 149 Å². The van der Waals surface area contributed by atoms with Crippen LogP contribution >= 0.6 is 11.6 Å². The molecular formula is C45H51ClN6O4S. The fraction of sp³-hybridized carbons (Fsp3) is 0.356. The second-order valence-electron chi connectivity index (χ2n) is 15.7. The minimum absolute atomic E-state index is 0.0291. The molecule has 3 heterocycles. The SMILES string of the molecule is Cc1cc(S(=O)(=O)NC(=O)c2ccc(N3CCN(CC4=C(c5ccc(Cl)cc5)CCCC4)CC3)cc2Oc2ccc3[nH]ccc3c2)ccc1NC1CCN(C)CC1. The summed E-state index contributed by atoms with van der Waals surface area (Å²) in [6, 6.07) is 26.6.